The van der Waals surface area contributed by atoms with Gasteiger partial charge in [-0.05, 0) is 24.6 Å². The molecule has 0 aliphatic heterocycles. The molecular formula is C12H10ClN3S. The lowest BCUT2D eigenvalue weighted by Crippen LogP contribution is -2.01. The fraction of sp³-hybridized carbons (Fsp3) is 0.167. The van der Waals surface area contributed by atoms with Gasteiger partial charge >= 0.3 is 0 Å². The Morgan fingerprint density at radius 2 is 2.41 bits per heavy atom. The Kier molecular flexibility index (Phi) is 3.62. The summed E-state index contributed by atoms with van der Waals surface area (Å²) in [4.78, 5) is 5.13. The summed E-state index contributed by atoms with van der Waals surface area (Å²) in [7, 11) is 0. The first kappa shape index (κ1) is 11.9. The van der Waals surface area contributed by atoms with Crippen molar-refractivity contribution >= 4 is 28.6 Å². The fourth-order valence-electron chi connectivity index (χ4n) is 1.44. The molecule has 0 atom stereocenters. The highest BCUT2D eigenvalue weighted by Gasteiger charge is 2.05. The summed E-state index contributed by atoms with van der Waals surface area (Å²) in [5.74, 6) is 0. The first-order valence-corrected chi connectivity index (χ1v) is 6.29. The highest BCUT2D eigenvalue weighted by Crippen LogP contribution is 2.24. The third kappa shape index (κ3) is 2.76. The lowest BCUT2D eigenvalue weighted by Gasteiger charge is -2.09. The molecule has 0 fully saturated rings. The predicted molar refractivity (Wildman–Crippen MR) is 70.3 cm³/mol. The maximum atomic E-state index is 8.73. The molecule has 0 aliphatic carbocycles. The number of hydrogen-bond acceptors (Lipinski definition) is 4. The Hall–Kier alpha value is -1.57. The van der Waals surface area contributed by atoms with Gasteiger partial charge in [0.1, 0.15) is 6.07 Å². The van der Waals surface area contributed by atoms with Gasteiger partial charge in [-0.2, -0.15) is 5.26 Å². The maximum absolute atomic E-state index is 8.73. The zero-order chi connectivity index (χ0) is 12.3. The molecule has 1 N–H and O–H groups in total. The van der Waals surface area contributed by atoms with Crippen molar-refractivity contribution in [2.24, 2.45) is 0 Å². The van der Waals surface area contributed by atoms with E-state index in [0.29, 0.717) is 17.3 Å². The van der Waals surface area contributed by atoms with Crippen molar-refractivity contribution in [1.82, 2.24) is 4.98 Å². The second-order valence-corrected chi connectivity index (χ2v) is 4.91. The number of nitrogens with one attached hydrogen (secondary N) is 1. The van der Waals surface area contributed by atoms with Crippen molar-refractivity contribution in [2.75, 3.05) is 5.32 Å². The number of halogens is 1. The Balaban J connectivity index is 2.10. The molecule has 86 valence electrons. The molecule has 0 aromatic carbocycles. The quantitative estimate of drug-likeness (QED) is 0.861. The average Bonchev–Trinajstić information content (AvgIpc) is 2.76. The van der Waals surface area contributed by atoms with Gasteiger partial charge in [-0.25, -0.2) is 4.98 Å². The Morgan fingerprint density at radius 3 is 3.06 bits per heavy atom. The normalized spacial score (nSPS) is 9.94. The lowest BCUT2D eigenvalue weighted by molar-refractivity contribution is 1.15. The number of aryl methyl sites for hydroxylation is 1. The molecule has 0 saturated carbocycles. The van der Waals surface area contributed by atoms with Crippen LogP contribution in [-0.4, -0.2) is 4.98 Å². The number of aromatic nitrogens is 1. The SMILES string of the molecule is Cc1ccnc(Cl)c1NCc1cc(C#N)cs1. The molecule has 0 amide bonds. The molecule has 0 bridgehead atoms. The van der Waals surface area contributed by atoms with E-state index in [1.54, 1.807) is 17.5 Å². The number of rotatable bonds is 3. The zero-order valence-corrected chi connectivity index (χ0v) is 10.8. The third-order valence-electron chi connectivity index (χ3n) is 2.34. The smallest absolute Gasteiger partial charge is 0.152 e. The molecule has 3 nitrogen and oxygen atoms in total. The summed E-state index contributed by atoms with van der Waals surface area (Å²) in [5, 5.41) is 14.3. The molecule has 2 heterocycles. The van der Waals surface area contributed by atoms with Crippen molar-refractivity contribution in [3.63, 3.8) is 0 Å². The van der Waals surface area contributed by atoms with Gasteiger partial charge in [0.15, 0.2) is 5.15 Å². The molecule has 2 rings (SSSR count). The highest BCUT2D eigenvalue weighted by atomic mass is 35.5. The summed E-state index contributed by atoms with van der Waals surface area (Å²) in [6.07, 6.45) is 1.68. The predicted octanol–water partition coefficient (Wildman–Crippen LogP) is 3.59. The van der Waals surface area contributed by atoms with Gasteiger partial charge in [0.2, 0.25) is 0 Å². The molecule has 0 unspecified atom stereocenters. The van der Waals surface area contributed by atoms with Crippen molar-refractivity contribution in [3.05, 3.63) is 44.9 Å². The van der Waals surface area contributed by atoms with E-state index in [-0.39, 0.29) is 0 Å². The minimum atomic E-state index is 0.474. The number of nitrogens with zero attached hydrogens (tertiary/aromatic N) is 2. The van der Waals surface area contributed by atoms with Crippen LogP contribution in [0.25, 0.3) is 0 Å². The van der Waals surface area contributed by atoms with Gasteiger partial charge in [0.05, 0.1) is 11.3 Å². The summed E-state index contributed by atoms with van der Waals surface area (Å²) >= 11 is 7.56. The van der Waals surface area contributed by atoms with Gasteiger partial charge in [-0.15, -0.1) is 11.3 Å². The van der Waals surface area contributed by atoms with Crippen LogP contribution in [-0.2, 0) is 6.54 Å². The van der Waals surface area contributed by atoms with Gasteiger partial charge < -0.3 is 5.32 Å². The van der Waals surface area contributed by atoms with Crippen LogP contribution in [0, 0.1) is 18.3 Å². The molecule has 0 radical (unpaired) electrons. The van der Waals surface area contributed by atoms with Crippen LogP contribution in [0.2, 0.25) is 5.15 Å². The second kappa shape index (κ2) is 5.17. The largest absolute Gasteiger partial charge is 0.377 e. The van der Waals surface area contributed by atoms with Crippen LogP contribution in [0.4, 0.5) is 5.69 Å². The molecule has 0 saturated heterocycles. The van der Waals surface area contributed by atoms with Crippen molar-refractivity contribution < 1.29 is 0 Å². The zero-order valence-electron chi connectivity index (χ0n) is 9.20. The standard InChI is InChI=1S/C12H10ClN3S/c1-8-2-3-15-12(13)11(8)16-6-10-4-9(5-14)7-17-10/h2-4,7,16H,6H2,1H3. The monoisotopic (exact) mass is 263 g/mol. The molecule has 0 spiro atoms. The first-order chi connectivity index (χ1) is 8.20. The minimum Gasteiger partial charge on any atom is -0.377 e. The van der Waals surface area contributed by atoms with Crippen LogP contribution >= 0.6 is 22.9 Å². The van der Waals surface area contributed by atoms with Gasteiger partial charge in [0.25, 0.3) is 0 Å². The van der Waals surface area contributed by atoms with E-state index in [1.165, 1.54) is 0 Å². The molecule has 17 heavy (non-hydrogen) atoms. The Labute approximate surface area is 109 Å². The summed E-state index contributed by atoms with van der Waals surface area (Å²) < 4.78 is 0. The molecule has 2 aromatic rings. The van der Waals surface area contributed by atoms with Crippen molar-refractivity contribution in [3.8, 4) is 6.07 Å². The topological polar surface area (TPSA) is 48.7 Å². The maximum Gasteiger partial charge on any atom is 0.152 e. The van der Waals surface area contributed by atoms with E-state index in [0.717, 1.165) is 16.1 Å². The van der Waals surface area contributed by atoms with Gasteiger partial charge in [-0.1, -0.05) is 11.6 Å². The van der Waals surface area contributed by atoms with E-state index in [2.05, 4.69) is 16.4 Å². The number of pyridine rings is 1. The van der Waals surface area contributed by atoms with E-state index < -0.39 is 0 Å². The number of nitriles is 1. The van der Waals surface area contributed by atoms with Crippen LogP contribution in [0.1, 0.15) is 16.0 Å². The molecular weight excluding hydrogens is 254 g/mol. The van der Waals surface area contributed by atoms with Crippen molar-refractivity contribution in [2.45, 2.75) is 13.5 Å². The number of hydrogen-bond donors (Lipinski definition) is 1. The Morgan fingerprint density at radius 1 is 1.59 bits per heavy atom. The van der Waals surface area contributed by atoms with Crippen LogP contribution in [0.5, 0.6) is 0 Å². The van der Waals surface area contributed by atoms with E-state index in [1.807, 2.05) is 24.4 Å². The van der Waals surface area contributed by atoms with Gasteiger partial charge in [0, 0.05) is 23.0 Å². The summed E-state index contributed by atoms with van der Waals surface area (Å²) in [6.45, 7) is 2.63. The number of anilines is 1. The van der Waals surface area contributed by atoms with E-state index in [4.69, 9.17) is 16.9 Å². The van der Waals surface area contributed by atoms with Crippen LogP contribution in [0.3, 0.4) is 0 Å². The molecule has 2 aromatic heterocycles. The minimum absolute atomic E-state index is 0.474. The fourth-order valence-corrected chi connectivity index (χ4v) is 2.47. The third-order valence-corrected chi connectivity index (χ3v) is 3.56. The van der Waals surface area contributed by atoms with Crippen LogP contribution < -0.4 is 5.32 Å². The van der Waals surface area contributed by atoms with Gasteiger partial charge in [-0.3, -0.25) is 0 Å². The van der Waals surface area contributed by atoms with Crippen LogP contribution in [0.15, 0.2) is 23.7 Å². The molecule has 0 aliphatic rings. The number of thiophene rings is 1. The highest BCUT2D eigenvalue weighted by molar-refractivity contribution is 7.10. The second-order valence-electron chi connectivity index (χ2n) is 3.56. The molecule has 5 heteroatoms. The first-order valence-electron chi connectivity index (χ1n) is 5.03. The van der Waals surface area contributed by atoms with E-state index in [9.17, 15) is 0 Å². The average molecular weight is 264 g/mol. The van der Waals surface area contributed by atoms with E-state index >= 15 is 0 Å². The lowest BCUT2D eigenvalue weighted by atomic mass is 10.2. The summed E-state index contributed by atoms with van der Waals surface area (Å²) in [5.41, 5.74) is 2.60. The summed E-state index contributed by atoms with van der Waals surface area (Å²) in [6, 6.07) is 5.89. The Bertz CT molecular complexity index is 551. The van der Waals surface area contributed by atoms with Crippen molar-refractivity contribution in [1.29, 1.82) is 5.26 Å².